The second-order valence-corrected chi connectivity index (χ2v) is 7.35. The lowest BCUT2D eigenvalue weighted by Gasteiger charge is -2.32. The zero-order valence-electron chi connectivity index (χ0n) is 11.5. The van der Waals surface area contributed by atoms with Gasteiger partial charge in [-0.3, -0.25) is 0 Å². The van der Waals surface area contributed by atoms with E-state index < -0.39 is 6.97 Å². The van der Waals surface area contributed by atoms with Gasteiger partial charge in [-0.25, -0.2) is 0 Å². The zero-order chi connectivity index (χ0) is 16.4. The lowest BCUT2D eigenvalue weighted by molar-refractivity contribution is -0.358. The molecule has 0 aliphatic carbocycles. The number of halogens is 5. The van der Waals surface area contributed by atoms with E-state index in [4.69, 9.17) is 11.6 Å². The molecule has 2 aliphatic heterocycles. The number of benzene rings is 1. The van der Waals surface area contributed by atoms with E-state index in [1.165, 1.54) is 0 Å². The predicted molar refractivity (Wildman–Crippen MR) is 96.3 cm³/mol. The molecule has 23 heavy (non-hydrogen) atoms. The van der Waals surface area contributed by atoms with E-state index in [1.807, 2.05) is 12.1 Å². The van der Waals surface area contributed by atoms with E-state index >= 15 is 8.63 Å². The summed E-state index contributed by atoms with van der Waals surface area (Å²) in [5.41, 5.74) is 2.52. The highest BCUT2D eigenvalue weighted by molar-refractivity contribution is 9.18. The Hall–Kier alpha value is -1.18. The fourth-order valence-electron chi connectivity index (χ4n) is 3.04. The summed E-state index contributed by atoms with van der Waals surface area (Å²) in [4.78, 5) is 0. The Morgan fingerprint density at radius 2 is 1.70 bits per heavy atom. The molecular formula is C15H8BBr2ClF2N2. The largest absolute Gasteiger partial charge is 0.738 e. The Labute approximate surface area is 153 Å². The first kappa shape index (κ1) is 15.4. The molecule has 0 bridgehead atoms. The maximum atomic E-state index is 15.0. The monoisotopic (exact) mass is 458 g/mol. The van der Waals surface area contributed by atoms with Crippen molar-refractivity contribution in [2.24, 2.45) is 0 Å². The van der Waals surface area contributed by atoms with E-state index in [2.05, 4.69) is 31.9 Å². The van der Waals surface area contributed by atoms with Crippen molar-refractivity contribution in [2.75, 3.05) is 0 Å². The van der Waals surface area contributed by atoms with Crippen LogP contribution in [0.3, 0.4) is 0 Å². The molecular weight excluding hydrogens is 452 g/mol. The van der Waals surface area contributed by atoms with Gasteiger partial charge in [0.25, 0.3) is 0 Å². The molecule has 0 radical (unpaired) electrons. The summed E-state index contributed by atoms with van der Waals surface area (Å²) in [5.74, 6) is 0. The van der Waals surface area contributed by atoms with Gasteiger partial charge in [-0.1, -0.05) is 23.7 Å². The minimum Gasteiger partial charge on any atom is -0.389 e. The second-order valence-electron chi connectivity index (χ2n) is 5.29. The third-order valence-electron chi connectivity index (χ3n) is 4.00. The Balaban J connectivity index is 2.09. The van der Waals surface area contributed by atoms with Crippen LogP contribution in [-0.4, -0.2) is 20.6 Å². The van der Waals surface area contributed by atoms with Crippen LogP contribution in [0.2, 0.25) is 5.02 Å². The van der Waals surface area contributed by atoms with Gasteiger partial charge in [-0.2, -0.15) is 0 Å². The fraction of sp³-hybridized carbons (Fsp3) is 0. The van der Waals surface area contributed by atoms with Crippen LogP contribution in [0.1, 0.15) is 11.3 Å². The van der Waals surface area contributed by atoms with E-state index in [0.29, 0.717) is 25.6 Å². The number of rotatable bonds is 1. The summed E-state index contributed by atoms with van der Waals surface area (Å²) in [6.45, 7) is -3.98. The topological polar surface area (TPSA) is 7.94 Å². The third kappa shape index (κ3) is 2.13. The molecule has 0 saturated carbocycles. The number of allylic oxidation sites excluding steroid dienone is 2. The normalized spacial score (nSPS) is 18.5. The molecule has 0 saturated heterocycles. The Kier molecular flexibility index (Phi) is 3.45. The summed E-state index contributed by atoms with van der Waals surface area (Å²) >= 11 is 12.4. The van der Waals surface area contributed by atoms with Gasteiger partial charge in [0.2, 0.25) is 4.62 Å². The SMILES string of the molecule is F[B-]1(F)n2c(Br)ccc2C(c2ccc(Cl)cc2)=C2C=CC(Br)=[N+]21. The molecule has 2 nitrogen and oxygen atoms in total. The Morgan fingerprint density at radius 1 is 1.00 bits per heavy atom. The summed E-state index contributed by atoms with van der Waals surface area (Å²) in [5, 5.41) is 0.604. The van der Waals surface area contributed by atoms with Crippen molar-refractivity contribution in [3.05, 3.63) is 75.1 Å². The van der Waals surface area contributed by atoms with Crippen LogP contribution in [-0.2, 0) is 0 Å². The molecule has 1 aromatic heterocycles. The van der Waals surface area contributed by atoms with Crippen molar-refractivity contribution in [3.63, 3.8) is 0 Å². The molecule has 0 fully saturated rings. The van der Waals surface area contributed by atoms with Crippen LogP contribution in [0.25, 0.3) is 5.57 Å². The number of hydrogen-bond donors (Lipinski definition) is 0. The van der Waals surface area contributed by atoms with Crippen molar-refractivity contribution in [3.8, 4) is 0 Å². The minimum absolute atomic E-state index is 0.343. The highest BCUT2D eigenvalue weighted by Gasteiger charge is 2.54. The van der Waals surface area contributed by atoms with Crippen molar-refractivity contribution >= 4 is 60.6 Å². The molecule has 3 heterocycles. The molecule has 0 atom stereocenters. The van der Waals surface area contributed by atoms with Crippen molar-refractivity contribution in [1.29, 1.82) is 0 Å². The first-order valence-electron chi connectivity index (χ1n) is 6.81. The highest BCUT2D eigenvalue weighted by atomic mass is 79.9. The van der Waals surface area contributed by atoms with Crippen LogP contribution in [0.5, 0.6) is 0 Å². The first-order chi connectivity index (χ1) is 10.9. The first-order valence-corrected chi connectivity index (χ1v) is 8.77. The molecule has 116 valence electrons. The van der Waals surface area contributed by atoms with Crippen LogP contribution < -0.4 is 0 Å². The van der Waals surface area contributed by atoms with Gasteiger partial charge < -0.3 is 17.6 Å². The molecule has 0 unspecified atom stereocenters. The van der Waals surface area contributed by atoms with Crippen molar-refractivity contribution in [2.45, 2.75) is 0 Å². The van der Waals surface area contributed by atoms with Gasteiger partial charge in [0.1, 0.15) is 0 Å². The van der Waals surface area contributed by atoms with E-state index in [9.17, 15) is 0 Å². The Bertz CT molecular complexity index is 929. The summed E-state index contributed by atoms with van der Waals surface area (Å²) < 4.78 is 32.8. The molecule has 8 heteroatoms. The van der Waals surface area contributed by atoms with Gasteiger partial charge in [-0.15, -0.1) is 0 Å². The lowest BCUT2D eigenvalue weighted by atomic mass is 9.86. The van der Waals surface area contributed by atoms with Gasteiger partial charge in [0.05, 0.1) is 10.2 Å². The molecule has 4 rings (SSSR count). The average Bonchev–Trinajstić information content (AvgIpc) is 3.06. The molecule has 1 aromatic carbocycles. The standard InChI is InChI=1S/C15H8BBr2ClF2N2/c17-13-7-5-11-15(9-1-3-10(19)4-2-9)12-6-8-14(18)23(12)16(20,21)22(11)13/h1-8H. The second kappa shape index (κ2) is 5.16. The third-order valence-corrected chi connectivity index (χ3v) is 5.55. The molecule has 2 aliphatic rings. The Morgan fingerprint density at radius 3 is 2.39 bits per heavy atom. The molecule has 2 aromatic rings. The minimum atomic E-state index is -3.98. The van der Waals surface area contributed by atoms with Crippen molar-refractivity contribution in [1.82, 2.24) is 4.48 Å². The van der Waals surface area contributed by atoms with Gasteiger partial charge in [0, 0.05) is 38.8 Å². The number of hydrogen-bond acceptors (Lipinski definition) is 0. The molecule has 0 N–H and O–H groups in total. The lowest BCUT2D eigenvalue weighted by Crippen LogP contribution is -2.50. The highest BCUT2D eigenvalue weighted by Crippen LogP contribution is 2.42. The smallest absolute Gasteiger partial charge is 0.389 e. The average molecular weight is 460 g/mol. The molecule has 0 amide bonds. The van der Waals surface area contributed by atoms with E-state index in [0.717, 1.165) is 20.1 Å². The van der Waals surface area contributed by atoms with Crippen LogP contribution in [0, 0.1) is 0 Å². The van der Waals surface area contributed by atoms with Crippen LogP contribution in [0.4, 0.5) is 8.63 Å². The molecule has 0 spiro atoms. The summed E-state index contributed by atoms with van der Waals surface area (Å²) in [6.07, 6.45) is 3.34. The fourth-order valence-corrected chi connectivity index (χ4v) is 4.31. The summed E-state index contributed by atoms with van der Waals surface area (Å²) in [6, 6.07) is 10.5. The van der Waals surface area contributed by atoms with Gasteiger partial charge in [0.15, 0.2) is 5.70 Å². The number of aromatic nitrogens is 1. The van der Waals surface area contributed by atoms with Gasteiger partial charge in [-0.05, 0) is 45.8 Å². The van der Waals surface area contributed by atoms with Crippen LogP contribution in [0.15, 0.2) is 58.9 Å². The number of nitrogens with zero attached hydrogens (tertiary/aromatic N) is 2. The maximum absolute atomic E-state index is 15.0. The zero-order valence-corrected chi connectivity index (χ0v) is 15.4. The van der Waals surface area contributed by atoms with E-state index in [-0.39, 0.29) is 0 Å². The van der Waals surface area contributed by atoms with Crippen LogP contribution >= 0.6 is 43.5 Å². The summed E-state index contributed by atoms with van der Waals surface area (Å²) in [7, 11) is 0. The predicted octanol–water partition coefficient (Wildman–Crippen LogP) is 5.28. The number of fused-ring (bicyclic) bond motifs is 2. The van der Waals surface area contributed by atoms with Crippen molar-refractivity contribution < 1.29 is 13.1 Å². The maximum Gasteiger partial charge on any atom is 0.738 e. The van der Waals surface area contributed by atoms with E-state index in [1.54, 1.807) is 36.4 Å². The quantitative estimate of drug-likeness (QED) is 0.513. The van der Waals surface area contributed by atoms with Gasteiger partial charge >= 0.3 is 6.97 Å².